The van der Waals surface area contributed by atoms with E-state index in [2.05, 4.69) is 5.16 Å². The van der Waals surface area contributed by atoms with Crippen molar-refractivity contribution in [2.75, 3.05) is 5.73 Å². The zero-order valence-corrected chi connectivity index (χ0v) is 12.1. The van der Waals surface area contributed by atoms with E-state index < -0.39 is 5.82 Å². The third-order valence-electron chi connectivity index (χ3n) is 3.04. The van der Waals surface area contributed by atoms with Crippen molar-refractivity contribution in [1.29, 1.82) is 0 Å². The van der Waals surface area contributed by atoms with Gasteiger partial charge in [-0.25, -0.2) is 4.39 Å². The highest BCUT2D eigenvalue weighted by Crippen LogP contribution is 2.40. The average Bonchev–Trinajstić information content (AvgIpc) is 2.82. The Balaban J connectivity index is 2.24. The molecule has 0 amide bonds. The first kappa shape index (κ1) is 13.9. The molecular weight excluding hydrogens is 314 g/mol. The van der Waals surface area contributed by atoms with Crippen LogP contribution in [0.1, 0.15) is 0 Å². The molecule has 0 aliphatic carbocycles. The fourth-order valence-corrected chi connectivity index (χ4v) is 2.46. The summed E-state index contributed by atoms with van der Waals surface area (Å²) in [7, 11) is 0. The van der Waals surface area contributed by atoms with Gasteiger partial charge in [-0.1, -0.05) is 46.6 Å². The molecule has 21 heavy (non-hydrogen) atoms. The van der Waals surface area contributed by atoms with Gasteiger partial charge in [-0.05, 0) is 29.8 Å². The van der Waals surface area contributed by atoms with Crippen LogP contribution in [0.4, 0.5) is 10.2 Å². The largest absolute Gasteiger partial charge is 0.380 e. The molecule has 2 N–H and O–H groups in total. The van der Waals surface area contributed by atoms with E-state index in [4.69, 9.17) is 33.5 Å². The van der Waals surface area contributed by atoms with Gasteiger partial charge in [0.15, 0.2) is 11.6 Å². The number of rotatable bonds is 2. The number of hydrogen-bond acceptors (Lipinski definition) is 3. The minimum Gasteiger partial charge on any atom is -0.380 e. The third kappa shape index (κ3) is 2.48. The summed E-state index contributed by atoms with van der Waals surface area (Å²) in [6, 6.07) is 11.3. The highest BCUT2D eigenvalue weighted by atomic mass is 35.5. The Morgan fingerprint density at radius 2 is 1.71 bits per heavy atom. The number of benzene rings is 2. The molecule has 0 radical (unpaired) electrons. The summed E-state index contributed by atoms with van der Waals surface area (Å²) in [5.74, 6) is -0.154. The van der Waals surface area contributed by atoms with E-state index >= 15 is 0 Å². The molecule has 0 unspecified atom stereocenters. The Morgan fingerprint density at radius 1 is 1.00 bits per heavy atom. The van der Waals surface area contributed by atoms with Crippen molar-refractivity contribution < 1.29 is 8.91 Å². The van der Waals surface area contributed by atoms with Gasteiger partial charge < -0.3 is 10.3 Å². The van der Waals surface area contributed by atoms with Crippen molar-refractivity contribution in [2.24, 2.45) is 0 Å². The van der Waals surface area contributed by atoms with Crippen LogP contribution in [0.15, 0.2) is 47.0 Å². The summed E-state index contributed by atoms with van der Waals surface area (Å²) >= 11 is 11.9. The molecule has 0 aliphatic heterocycles. The predicted molar refractivity (Wildman–Crippen MR) is 81.8 cm³/mol. The maximum absolute atomic E-state index is 14.1. The van der Waals surface area contributed by atoms with Crippen LogP contribution in [0.25, 0.3) is 22.5 Å². The van der Waals surface area contributed by atoms with E-state index in [0.29, 0.717) is 16.1 Å². The zero-order chi connectivity index (χ0) is 15.0. The van der Waals surface area contributed by atoms with Crippen molar-refractivity contribution in [3.8, 4) is 22.5 Å². The van der Waals surface area contributed by atoms with E-state index in [9.17, 15) is 4.39 Å². The van der Waals surface area contributed by atoms with Crippen molar-refractivity contribution in [1.82, 2.24) is 5.16 Å². The van der Waals surface area contributed by atoms with Gasteiger partial charge in [0, 0.05) is 5.02 Å². The van der Waals surface area contributed by atoms with Gasteiger partial charge in [0.1, 0.15) is 5.82 Å². The lowest BCUT2D eigenvalue weighted by molar-refractivity contribution is 0.433. The first-order valence-corrected chi connectivity index (χ1v) is 6.79. The molecular formula is C15H9Cl2FN2O. The first-order valence-electron chi connectivity index (χ1n) is 6.03. The fraction of sp³-hybridized carbons (Fsp3) is 0. The van der Waals surface area contributed by atoms with Crippen molar-refractivity contribution in [3.05, 3.63) is 58.3 Å². The SMILES string of the molecule is Nc1noc(-c2c(F)cccc2Cl)c1-c1ccc(Cl)cc1. The highest BCUT2D eigenvalue weighted by Gasteiger charge is 2.22. The van der Waals surface area contributed by atoms with Crippen molar-refractivity contribution in [3.63, 3.8) is 0 Å². The lowest BCUT2D eigenvalue weighted by Gasteiger charge is -2.06. The number of nitrogens with two attached hydrogens (primary N) is 1. The van der Waals surface area contributed by atoms with E-state index in [1.165, 1.54) is 12.1 Å². The van der Waals surface area contributed by atoms with Crippen LogP contribution >= 0.6 is 23.2 Å². The summed E-state index contributed by atoms with van der Waals surface area (Å²) in [5, 5.41) is 4.52. The molecule has 2 aromatic carbocycles. The van der Waals surface area contributed by atoms with E-state index in [1.807, 2.05) is 0 Å². The average molecular weight is 323 g/mol. The lowest BCUT2D eigenvalue weighted by atomic mass is 10.0. The molecule has 0 aliphatic rings. The summed E-state index contributed by atoms with van der Waals surface area (Å²) in [6.45, 7) is 0. The number of aromatic nitrogens is 1. The Morgan fingerprint density at radius 3 is 2.38 bits per heavy atom. The van der Waals surface area contributed by atoms with Gasteiger partial charge in [-0.3, -0.25) is 0 Å². The fourth-order valence-electron chi connectivity index (χ4n) is 2.08. The molecule has 1 heterocycles. The van der Waals surface area contributed by atoms with Gasteiger partial charge in [-0.15, -0.1) is 0 Å². The van der Waals surface area contributed by atoms with Crippen LogP contribution in [-0.2, 0) is 0 Å². The van der Waals surface area contributed by atoms with Gasteiger partial charge in [-0.2, -0.15) is 0 Å². The summed E-state index contributed by atoms with van der Waals surface area (Å²) in [6.07, 6.45) is 0. The molecule has 3 nitrogen and oxygen atoms in total. The van der Waals surface area contributed by atoms with Gasteiger partial charge >= 0.3 is 0 Å². The number of hydrogen-bond donors (Lipinski definition) is 1. The minimum absolute atomic E-state index is 0.133. The second kappa shape index (κ2) is 5.39. The first-order chi connectivity index (χ1) is 10.1. The van der Waals surface area contributed by atoms with Crippen LogP contribution in [0.2, 0.25) is 10.0 Å². The standard InChI is InChI=1S/C15H9Cl2FN2O/c16-9-6-4-8(5-7-9)12-14(21-20-15(12)19)13-10(17)2-1-3-11(13)18/h1-7H,(H2,19,20). The maximum Gasteiger partial charge on any atom is 0.181 e. The molecule has 0 bridgehead atoms. The second-order valence-corrected chi connectivity index (χ2v) is 5.22. The Labute approximate surface area is 130 Å². The molecule has 106 valence electrons. The predicted octanol–water partition coefficient (Wildman–Crippen LogP) is 5.04. The number of anilines is 1. The molecule has 0 saturated carbocycles. The van der Waals surface area contributed by atoms with Gasteiger partial charge in [0.2, 0.25) is 0 Å². The summed E-state index contributed by atoms with van der Waals surface area (Å²) in [5.41, 5.74) is 7.18. The lowest BCUT2D eigenvalue weighted by Crippen LogP contribution is -1.90. The third-order valence-corrected chi connectivity index (χ3v) is 3.61. The normalized spacial score (nSPS) is 10.8. The molecule has 0 atom stereocenters. The van der Waals surface area contributed by atoms with E-state index in [1.54, 1.807) is 30.3 Å². The molecule has 1 aromatic heterocycles. The van der Waals surface area contributed by atoms with Crippen molar-refractivity contribution in [2.45, 2.75) is 0 Å². The maximum atomic E-state index is 14.1. The highest BCUT2D eigenvalue weighted by molar-refractivity contribution is 6.33. The molecule has 6 heteroatoms. The van der Waals surface area contributed by atoms with Gasteiger partial charge in [0.25, 0.3) is 0 Å². The Hall–Kier alpha value is -2.04. The van der Waals surface area contributed by atoms with Crippen LogP contribution in [0.5, 0.6) is 0 Å². The number of halogens is 3. The summed E-state index contributed by atoms with van der Waals surface area (Å²) in [4.78, 5) is 0. The molecule has 3 aromatic rings. The molecule has 3 rings (SSSR count). The van der Waals surface area contributed by atoms with E-state index in [0.717, 1.165) is 0 Å². The molecule has 0 spiro atoms. The van der Waals surface area contributed by atoms with Crippen LogP contribution in [-0.4, -0.2) is 5.16 Å². The van der Waals surface area contributed by atoms with Crippen molar-refractivity contribution >= 4 is 29.0 Å². The quantitative estimate of drug-likeness (QED) is 0.719. The van der Waals surface area contributed by atoms with Crippen LogP contribution in [0, 0.1) is 5.82 Å². The zero-order valence-electron chi connectivity index (χ0n) is 10.6. The van der Waals surface area contributed by atoms with Crippen LogP contribution < -0.4 is 5.73 Å². The number of nitrogen functional groups attached to an aromatic ring is 1. The Bertz CT molecular complexity index is 780. The summed E-state index contributed by atoms with van der Waals surface area (Å²) < 4.78 is 19.3. The molecule has 0 fully saturated rings. The monoisotopic (exact) mass is 322 g/mol. The van der Waals surface area contributed by atoms with Gasteiger partial charge in [0.05, 0.1) is 16.1 Å². The molecule has 0 saturated heterocycles. The van der Waals surface area contributed by atoms with E-state index in [-0.39, 0.29) is 22.2 Å². The van der Waals surface area contributed by atoms with Crippen LogP contribution in [0.3, 0.4) is 0 Å². The topological polar surface area (TPSA) is 52.0 Å². The number of nitrogens with zero attached hydrogens (tertiary/aromatic N) is 1. The smallest absolute Gasteiger partial charge is 0.181 e. The second-order valence-electron chi connectivity index (χ2n) is 4.38. The Kier molecular flexibility index (Phi) is 3.57. The minimum atomic E-state index is -0.506.